The van der Waals surface area contributed by atoms with Gasteiger partial charge in [-0.25, -0.2) is 17.6 Å². The third kappa shape index (κ3) is 6.23. The molecule has 256 valence electrons. The standard InChI is InChI=1S/C49H32F4/c50-45-13-5-1-9-41(45)33-17-25-37(26-18-33)49(38-27-19-34(20-28-38)42-10-2-6-14-46(42)51,39-29-21-35(22-30-39)43-11-3-7-15-47(43)52)40-31-23-36(24-32-40)44-12-4-8-16-48(44)53/h1-32H. The molecule has 0 radical (unpaired) electrons. The highest BCUT2D eigenvalue weighted by Crippen LogP contribution is 2.47. The van der Waals surface area contributed by atoms with Crippen LogP contribution >= 0.6 is 0 Å². The van der Waals surface area contributed by atoms with Crippen molar-refractivity contribution in [1.82, 2.24) is 0 Å². The maximum atomic E-state index is 14.9. The molecule has 0 aromatic heterocycles. The highest BCUT2D eigenvalue weighted by atomic mass is 19.1. The summed E-state index contributed by atoms with van der Waals surface area (Å²) in [7, 11) is 0. The van der Waals surface area contributed by atoms with E-state index in [1.807, 2.05) is 121 Å². The molecule has 0 heterocycles. The Kier molecular flexibility index (Phi) is 9.03. The molecule has 0 nitrogen and oxygen atoms in total. The van der Waals surface area contributed by atoms with E-state index in [4.69, 9.17) is 0 Å². The van der Waals surface area contributed by atoms with E-state index < -0.39 is 5.41 Å². The Morgan fingerprint density at radius 1 is 0.226 bits per heavy atom. The summed E-state index contributed by atoms with van der Waals surface area (Å²) in [5, 5.41) is 0. The van der Waals surface area contributed by atoms with Gasteiger partial charge in [-0.05, 0) is 68.8 Å². The monoisotopic (exact) mass is 696 g/mol. The third-order valence-corrected chi connectivity index (χ3v) is 10.0. The van der Waals surface area contributed by atoms with E-state index in [1.54, 1.807) is 48.5 Å². The maximum absolute atomic E-state index is 14.9. The molecule has 0 bridgehead atoms. The summed E-state index contributed by atoms with van der Waals surface area (Å²) in [6, 6.07) is 58.0. The van der Waals surface area contributed by atoms with Crippen LogP contribution in [-0.2, 0) is 5.41 Å². The minimum atomic E-state index is -0.969. The van der Waals surface area contributed by atoms with Crippen molar-refractivity contribution in [2.45, 2.75) is 5.41 Å². The zero-order valence-electron chi connectivity index (χ0n) is 28.5. The van der Waals surface area contributed by atoms with E-state index in [2.05, 4.69) is 0 Å². The predicted molar refractivity (Wildman–Crippen MR) is 206 cm³/mol. The minimum Gasteiger partial charge on any atom is -0.206 e. The summed E-state index contributed by atoms with van der Waals surface area (Å²) < 4.78 is 59.8. The van der Waals surface area contributed by atoms with Crippen molar-refractivity contribution in [2.75, 3.05) is 0 Å². The molecule has 0 fully saturated rings. The number of hydrogen-bond acceptors (Lipinski definition) is 0. The fourth-order valence-corrected chi connectivity index (χ4v) is 7.38. The van der Waals surface area contributed by atoms with Gasteiger partial charge in [0.15, 0.2) is 0 Å². The van der Waals surface area contributed by atoms with Crippen molar-refractivity contribution in [1.29, 1.82) is 0 Å². The van der Waals surface area contributed by atoms with Crippen molar-refractivity contribution >= 4 is 0 Å². The van der Waals surface area contributed by atoms with Crippen LogP contribution in [0.1, 0.15) is 22.3 Å². The van der Waals surface area contributed by atoms with Crippen LogP contribution in [0.25, 0.3) is 44.5 Å². The van der Waals surface area contributed by atoms with Gasteiger partial charge in [0, 0.05) is 22.3 Å². The number of rotatable bonds is 8. The molecule has 4 heteroatoms. The van der Waals surface area contributed by atoms with E-state index in [0.717, 1.165) is 44.5 Å². The van der Waals surface area contributed by atoms with Gasteiger partial charge < -0.3 is 0 Å². The van der Waals surface area contributed by atoms with Crippen LogP contribution in [0.15, 0.2) is 194 Å². The van der Waals surface area contributed by atoms with Gasteiger partial charge in [-0.15, -0.1) is 0 Å². The SMILES string of the molecule is Fc1ccccc1-c1ccc(C(c2ccc(-c3ccccc3F)cc2)(c2ccc(-c3ccccc3F)cc2)c2ccc(-c3ccccc3F)cc2)cc1. The summed E-state index contributed by atoms with van der Waals surface area (Å²) in [5.74, 6) is -1.27. The summed E-state index contributed by atoms with van der Waals surface area (Å²) in [6.45, 7) is 0. The first-order valence-corrected chi connectivity index (χ1v) is 17.4. The number of halogens is 4. The molecule has 8 rings (SSSR count). The van der Waals surface area contributed by atoms with Gasteiger partial charge in [0.25, 0.3) is 0 Å². The largest absolute Gasteiger partial charge is 0.206 e. The quantitative estimate of drug-likeness (QED) is 0.110. The topological polar surface area (TPSA) is 0 Å². The van der Waals surface area contributed by atoms with Crippen LogP contribution in [0.5, 0.6) is 0 Å². The molecule has 0 aliphatic heterocycles. The Labute approximate surface area is 306 Å². The second-order valence-corrected chi connectivity index (χ2v) is 13.0. The fourth-order valence-electron chi connectivity index (χ4n) is 7.38. The van der Waals surface area contributed by atoms with Crippen molar-refractivity contribution in [3.05, 3.63) is 240 Å². The van der Waals surface area contributed by atoms with Gasteiger partial charge in [0.05, 0.1) is 5.41 Å². The first kappa shape index (κ1) is 33.6. The van der Waals surface area contributed by atoms with Gasteiger partial charge in [-0.3, -0.25) is 0 Å². The Morgan fingerprint density at radius 3 is 0.604 bits per heavy atom. The Bertz CT molecular complexity index is 2160. The Morgan fingerprint density at radius 2 is 0.415 bits per heavy atom. The lowest BCUT2D eigenvalue weighted by Crippen LogP contribution is -2.31. The highest BCUT2D eigenvalue weighted by Gasteiger charge is 2.38. The van der Waals surface area contributed by atoms with Crippen LogP contribution in [0.2, 0.25) is 0 Å². The fraction of sp³-hybridized carbons (Fsp3) is 0.0204. The van der Waals surface area contributed by atoms with Crippen molar-refractivity contribution < 1.29 is 17.6 Å². The van der Waals surface area contributed by atoms with E-state index >= 15 is 0 Å². The normalized spacial score (nSPS) is 11.4. The summed E-state index contributed by atoms with van der Waals surface area (Å²) in [5.41, 5.74) is 7.41. The summed E-state index contributed by atoms with van der Waals surface area (Å²) in [4.78, 5) is 0. The summed E-state index contributed by atoms with van der Waals surface area (Å²) >= 11 is 0. The average molecular weight is 697 g/mol. The van der Waals surface area contributed by atoms with E-state index in [0.29, 0.717) is 22.3 Å². The lowest BCUT2D eigenvalue weighted by atomic mass is 9.64. The van der Waals surface area contributed by atoms with Gasteiger partial charge >= 0.3 is 0 Å². The van der Waals surface area contributed by atoms with Crippen molar-refractivity contribution in [2.24, 2.45) is 0 Å². The van der Waals surface area contributed by atoms with Crippen LogP contribution in [0.4, 0.5) is 17.6 Å². The zero-order valence-corrected chi connectivity index (χ0v) is 28.5. The molecule has 0 unspecified atom stereocenters. The van der Waals surface area contributed by atoms with Gasteiger partial charge in [-0.1, -0.05) is 170 Å². The van der Waals surface area contributed by atoms with Crippen LogP contribution in [-0.4, -0.2) is 0 Å². The minimum absolute atomic E-state index is 0.317. The second-order valence-electron chi connectivity index (χ2n) is 13.0. The molecule has 0 saturated carbocycles. The lowest BCUT2D eigenvalue weighted by molar-refractivity contribution is 0.631. The van der Waals surface area contributed by atoms with E-state index in [1.165, 1.54) is 24.3 Å². The molecule has 8 aromatic carbocycles. The Hall–Kier alpha value is -6.52. The van der Waals surface area contributed by atoms with Gasteiger partial charge in [0.1, 0.15) is 23.3 Å². The van der Waals surface area contributed by atoms with E-state index in [9.17, 15) is 17.6 Å². The highest BCUT2D eigenvalue weighted by molar-refractivity contribution is 5.72. The molecule has 0 spiro atoms. The summed E-state index contributed by atoms with van der Waals surface area (Å²) in [6.07, 6.45) is 0. The molecule has 53 heavy (non-hydrogen) atoms. The maximum Gasteiger partial charge on any atom is 0.131 e. The molecule has 8 aromatic rings. The van der Waals surface area contributed by atoms with Crippen LogP contribution < -0.4 is 0 Å². The molecule has 0 aliphatic rings. The second kappa shape index (κ2) is 14.2. The predicted octanol–water partition coefficient (Wildman–Crippen LogP) is 13.3. The molecular weight excluding hydrogens is 665 g/mol. The van der Waals surface area contributed by atoms with Crippen LogP contribution in [0, 0.1) is 23.3 Å². The molecule has 0 amide bonds. The first-order valence-electron chi connectivity index (χ1n) is 17.4. The van der Waals surface area contributed by atoms with Crippen LogP contribution in [0.3, 0.4) is 0 Å². The number of hydrogen-bond donors (Lipinski definition) is 0. The number of benzene rings is 8. The van der Waals surface area contributed by atoms with Gasteiger partial charge in [-0.2, -0.15) is 0 Å². The van der Waals surface area contributed by atoms with E-state index in [-0.39, 0.29) is 23.3 Å². The molecule has 0 atom stereocenters. The third-order valence-electron chi connectivity index (χ3n) is 10.0. The average Bonchev–Trinajstić information content (AvgIpc) is 3.20. The smallest absolute Gasteiger partial charge is 0.131 e. The lowest BCUT2D eigenvalue weighted by Gasteiger charge is -2.37. The Balaban J connectivity index is 1.37. The first-order chi connectivity index (χ1) is 25.9. The molecular formula is C49H32F4. The molecule has 0 N–H and O–H groups in total. The molecule has 0 aliphatic carbocycles. The van der Waals surface area contributed by atoms with Crippen molar-refractivity contribution in [3.63, 3.8) is 0 Å². The zero-order chi connectivity index (χ0) is 36.4. The van der Waals surface area contributed by atoms with Crippen molar-refractivity contribution in [3.8, 4) is 44.5 Å². The van der Waals surface area contributed by atoms with Gasteiger partial charge in [0.2, 0.25) is 0 Å². The molecule has 0 saturated heterocycles.